The number of carboxylic acid groups (broad SMARTS) is 2. The van der Waals surface area contributed by atoms with Crippen LogP contribution in [-0.4, -0.2) is 142 Å². The van der Waals surface area contributed by atoms with E-state index in [2.05, 4.69) is 37.2 Å². The van der Waals surface area contributed by atoms with E-state index in [0.717, 1.165) is 5.56 Å². The number of aliphatic hydroxyl groups is 1. The first-order valence-electron chi connectivity index (χ1n) is 18.9. The van der Waals surface area contributed by atoms with Crippen LogP contribution < -0.4 is 48.7 Å². The van der Waals surface area contributed by atoms with E-state index in [1.165, 1.54) is 18.7 Å². The lowest BCUT2D eigenvalue weighted by molar-refractivity contribution is -0.144. The molecule has 0 aliphatic heterocycles. The Kier molecular flexibility index (Phi) is 23.5. The van der Waals surface area contributed by atoms with E-state index in [4.69, 9.17) is 11.5 Å². The molecule has 0 aliphatic carbocycles. The van der Waals surface area contributed by atoms with E-state index in [0.29, 0.717) is 6.42 Å². The van der Waals surface area contributed by atoms with Crippen LogP contribution in [0.5, 0.6) is 0 Å². The molecule has 0 spiro atoms. The predicted molar refractivity (Wildman–Crippen MR) is 216 cm³/mol. The first-order valence-corrected chi connectivity index (χ1v) is 20.3. The van der Waals surface area contributed by atoms with E-state index in [-0.39, 0.29) is 18.6 Å². The molecule has 0 radical (unpaired) electrons. The van der Waals surface area contributed by atoms with Gasteiger partial charge in [-0.15, -0.1) is 0 Å². The number of aliphatic hydroxyl groups excluding tert-OH is 1. The molecule has 0 bridgehead atoms. The van der Waals surface area contributed by atoms with Crippen molar-refractivity contribution in [3.05, 3.63) is 35.9 Å². The zero-order chi connectivity index (χ0) is 45.5. The van der Waals surface area contributed by atoms with Gasteiger partial charge in [-0.3, -0.25) is 43.2 Å². The maximum Gasteiger partial charge on any atom is 0.326 e. The van der Waals surface area contributed by atoms with Crippen molar-refractivity contribution in [2.45, 2.75) is 102 Å². The zero-order valence-electron chi connectivity index (χ0n) is 33.9. The quantitative estimate of drug-likeness (QED) is 0.0385. The van der Waals surface area contributed by atoms with Gasteiger partial charge in [0.15, 0.2) is 0 Å². The van der Waals surface area contributed by atoms with Crippen LogP contribution >= 0.6 is 11.8 Å². The molecule has 0 aromatic heterocycles. The molecule has 1 aromatic rings. The van der Waals surface area contributed by atoms with Crippen molar-refractivity contribution in [3.63, 3.8) is 0 Å². The summed E-state index contributed by atoms with van der Waals surface area (Å²) in [5.41, 5.74) is 12.0. The first-order chi connectivity index (χ1) is 28.2. The van der Waals surface area contributed by atoms with Gasteiger partial charge in [-0.2, -0.15) is 11.8 Å². The highest BCUT2D eigenvalue weighted by Crippen LogP contribution is 2.09. The molecule has 0 aliphatic rings. The second-order valence-electron chi connectivity index (χ2n) is 13.8. The fourth-order valence-electron chi connectivity index (χ4n) is 5.30. The molecule has 8 amide bonds. The molecule has 1 aromatic carbocycles. The number of carbonyl (C=O) groups is 10. The Hall–Kier alpha value is -5.81. The van der Waals surface area contributed by atoms with Gasteiger partial charge in [0.25, 0.3) is 0 Å². The molecule has 0 unspecified atom stereocenters. The number of thioether (sulfide) groups is 1. The third-order valence-electron chi connectivity index (χ3n) is 8.99. The van der Waals surface area contributed by atoms with Crippen LogP contribution in [0, 0.1) is 5.92 Å². The number of amides is 8. The summed E-state index contributed by atoms with van der Waals surface area (Å²) >= 11 is 1.26. The Balaban J connectivity index is 3.08. The van der Waals surface area contributed by atoms with Crippen LogP contribution in [0.2, 0.25) is 0 Å². The lowest BCUT2D eigenvalue weighted by Crippen LogP contribution is -2.60. The lowest BCUT2D eigenvalue weighted by atomic mass is 9.99. The van der Waals surface area contributed by atoms with Gasteiger partial charge < -0.3 is 64.0 Å². The summed E-state index contributed by atoms with van der Waals surface area (Å²) in [5, 5.41) is 45.0. The molecular formula is C37H57N9O13S. The van der Waals surface area contributed by atoms with Gasteiger partial charge in [-0.05, 0) is 49.7 Å². The summed E-state index contributed by atoms with van der Waals surface area (Å²) < 4.78 is 0. The number of nitrogens with one attached hydrogen (secondary N) is 7. The van der Waals surface area contributed by atoms with Crippen LogP contribution in [0.4, 0.5) is 0 Å². The van der Waals surface area contributed by atoms with Crippen LogP contribution in [0.25, 0.3) is 0 Å². The molecule has 60 heavy (non-hydrogen) atoms. The van der Waals surface area contributed by atoms with Crippen molar-refractivity contribution in [1.82, 2.24) is 37.2 Å². The van der Waals surface area contributed by atoms with Crippen LogP contribution in [0.3, 0.4) is 0 Å². The first kappa shape index (κ1) is 52.2. The Morgan fingerprint density at radius 2 is 1.27 bits per heavy atom. The topological polar surface area (TPSA) is 368 Å². The monoisotopic (exact) mass is 867 g/mol. The third kappa shape index (κ3) is 19.3. The van der Waals surface area contributed by atoms with Gasteiger partial charge in [0.2, 0.25) is 47.3 Å². The van der Waals surface area contributed by atoms with Crippen molar-refractivity contribution in [2.24, 2.45) is 17.4 Å². The molecule has 0 saturated heterocycles. The zero-order valence-corrected chi connectivity index (χ0v) is 34.7. The van der Waals surface area contributed by atoms with Crippen molar-refractivity contribution >= 4 is 71.0 Å². The smallest absolute Gasteiger partial charge is 0.326 e. The highest BCUT2D eigenvalue weighted by atomic mass is 32.2. The highest BCUT2D eigenvalue weighted by molar-refractivity contribution is 7.98. The van der Waals surface area contributed by atoms with Crippen LogP contribution in [0.1, 0.15) is 58.4 Å². The van der Waals surface area contributed by atoms with E-state index in [1.54, 1.807) is 50.4 Å². The summed E-state index contributed by atoms with van der Waals surface area (Å²) in [7, 11) is 0. The average molecular weight is 868 g/mol. The van der Waals surface area contributed by atoms with E-state index >= 15 is 0 Å². The van der Waals surface area contributed by atoms with Gasteiger partial charge in [0, 0.05) is 6.42 Å². The van der Waals surface area contributed by atoms with E-state index in [1.807, 2.05) is 0 Å². The number of carboxylic acids is 2. The second-order valence-corrected chi connectivity index (χ2v) is 14.8. The maximum absolute atomic E-state index is 13.6. The van der Waals surface area contributed by atoms with E-state index in [9.17, 15) is 63.3 Å². The molecule has 0 heterocycles. The van der Waals surface area contributed by atoms with Gasteiger partial charge in [-0.25, -0.2) is 4.79 Å². The van der Waals surface area contributed by atoms with Gasteiger partial charge >= 0.3 is 11.9 Å². The Labute approximate surface area is 350 Å². The minimum atomic E-state index is -1.78. The number of primary amides is 1. The van der Waals surface area contributed by atoms with Crippen molar-refractivity contribution in [3.8, 4) is 0 Å². The predicted octanol–water partition coefficient (Wildman–Crippen LogP) is -3.78. The maximum atomic E-state index is 13.6. The molecule has 14 N–H and O–H groups in total. The summed E-state index contributed by atoms with van der Waals surface area (Å²) in [4.78, 5) is 126. The van der Waals surface area contributed by atoms with Gasteiger partial charge in [-0.1, -0.05) is 50.6 Å². The lowest BCUT2D eigenvalue weighted by Gasteiger charge is -2.26. The minimum absolute atomic E-state index is 0.0856. The average Bonchev–Trinajstić information content (AvgIpc) is 3.19. The summed E-state index contributed by atoms with van der Waals surface area (Å²) in [6.07, 6.45) is 0.376. The molecule has 0 fully saturated rings. The van der Waals surface area contributed by atoms with Crippen LogP contribution in [-0.2, 0) is 54.4 Å². The summed E-state index contributed by atoms with van der Waals surface area (Å²) in [5.74, 6) is -10.6. The largest absolute Gasteiger partial charge is 0.481 e. The number of hydrogen-bond donors (Lipinski definition) is 12. The number of rotatable bonds is 28. The minimum Gasteiger partial charge on any atom is -0.481 e. The van der Waals surface area contributed by atoms with E-state index < -0.39 is 140 Å². The van der Waals surface area contributed by atoms with Gasteiger partial charge in [0.1, 0.15) is 36.3 Å². The Morgan fingerprint density at radius 1 is 0.717 bits per heavy atom. The fourth-order valence-corrected chi connectivity index (χ4v) is 5.77. The number of benzene rings is 1. The highest BCUT2D eigenvalue weighted by Gasteiger charge is 2.34. The SMILES string of the molecule is CC[C@H](C)[C@H](NC(=O)[C@H](C)NC(=O)[C@H](CC(=O)O)NC(=O)[C@H](CCSC)NC(=O)[C@H](CCC(N)=O)NC(=O)[C@H](CO)NC(=O)CNC(=O)[C@@H](N)Cc1ccccc1)C(=O)O. The standard InChI is InChI=1S/C37H57N9O13S/c1-5-19(2)30(37(58)59)46-31(52)20(3)41-35(56)25(16-29(50)51)45-34(55)24(13-14-60-4)44-33(54)23(11-12-27(39)48)43-36(57)26(18-47)42-28(49)17-40-32(53)22(38)15-21-9-7-6-8-10-21/h6-10,19-20,22-26,30,47H,5,11-18,38H2,1-4H3,(H2,39,48)(H,40,53)(H,41,56)(H,42,49)(H,43,57)(H,44,54)(H,45,55)(H,46,52)(H,50,51)(H,58,59)/t19-,20-,22-,23-,24-,25-,26-,30-/m0/s1. The van der Waals surface area contributed by atoms with Crippen molar-refractivity contribution < 1.29 is 63.3 Å². The van der Waals surface area contributed by atoms with Gasteiger partial charge in [0.05, 0.1) is 25.6 Å². The molecule has 8 atom stereocenters. The molecule has 22 nitrogen and oxygen atoms in total. The number of hydrogen-bond acceptors (Lipinski definition) is 13. The molecule has 23 heteroatoms. The van der Waals surface area contributed by atoms with Crippen molar-refractivity contribution in [1.29, 1.82) is 0 Å². The molecule has 0 saturated carbocycles. The molecule has 1 rings (SSSR count). The Morgan fingerprint density at radius 3 is 1.78 bits per heavy atom. The fraction of sp³-hybridized carbons (Fsp3) is 0.568. The number of nitrogens with two attached hydrogens (primary N) is 2. The van der Waals surface area contributed by atoms with Crippen LogP contribution in [0.15, 0.2) is 30.3 Å². The Bertz CT molecular complexity index is 1670. The normalized spacial score (nSPS) is 14.8. The molecular weight excluding hydrogens is 811 g/mol. The third-order valence-corrected chi connectivity index (χ3v) is 9.63. The second kappa shape index (κ2) is 27.0. The number of carbonyl (C=O) groups excluding carboxylic acids is 8. The number of aliphatic carboxylic acids is 2. The van der Waals surface area contributed by atoms with Crippen molar-refractivity contribution in [2.75, 3.05) is 25.2 Å². The molecule has 334 valence electrons. The summed E-state index contributed by atoms with van der Waals surface area (Å²) in [6.45, 7) is 2.95. The summed E-state index contributed by atoms with van der Waals surface area (Å²) in [6, 6.07) is -1.27.